The Morgan fingerprint density at radius 1 is 1.19 bits per heavy atom. The number of rotatable bonds is 8. The number of halogens is 1. The fourth-order valence-corrected chi connectivity index (χ4v) is 3.52. The predicted octanol–water partition coefficient (Wildman–Crippen LogP) is 3.67. The highest BCUT2D eigenvalue weighted by Gasteiger charge is 2.16. The number of aromatic nitrogens is 1. The van der Waals surface area contributed by atoms with Crippen molar-refractivity contribution in [2.24, 2.45) is 0 Å². The van der Waals surface area contributed by atoms with E-state index in [9.17, 15) is 9.18 Å². The van der Waals surface area contributed by atoms with Gasteiger partial charge >= 0.3 is 0 Å². The van der Waals surface area contributed by atoms with Gasteiger partial charge in [0.15, 0.2) is 16.7 Å². The molecule has 0 unspecified atom stereocenters. The highest BCUT2D eigenvalue weighted by Crippen LogP contribution is 2.21. The molecular weight excluding hydrogens is 429 g/mol. The Hall–Kier alpha value is -2.78. The summed E-state index contributed by atoms with van der Waals surface area (Å²) in [4.78, 5) is 21.4. The van der Waals surface area contributed by atoms with Gasteiger partial charge in [-0.1, -0.05) is 19.8 Å². The second-order valence-corrected chi connectivity index (χ2v) is 8.21. The van der Waals surface area contributed by atoms with Crippen molar-refractivity contribution in [1.82, 2.24) is 15.2 Å². The number of carbonyl (C=O) groups excluding carboxylic acids is 1. The van der Waals surface area contributed by atoms with Crippen LogP contribution in [0.15, 0.2) is 36.5 Å². The molecule has 7 nitrogen and oxygen atoms in total. The quantitative estimate of drug-likeness (QED) is 0.461. The van der Waals surface area contributed by atoms with E-state index < -0.39 is 5.82 Å². The summed E-state index contributed by atoms with van der Waals surface area (Å²) in [6, 6.07) is 8.06. The molecule has 0 saturated carbocycles. The molecule has 0 bridgehead atoms. The molecule has 1 aromatic carbocycles. The van der Waals surface area contributed by atoms with E-state index in [0.29, 0.717) is 17.9 Å². The van der Waals surface area contributed by atoms with E-state index in [2.05, 4.69) is 39.4 Å². The van der Waals surface area contributed by atoms with E-state index in [1.54, 1.807) is 18.2 Å². The van der Waals surface area contributed by atoms with Crippen molar-refractivity contribution < 1.29 is 13.9 Å². The van der Waals surface area contributed by atoms with Gasteiger partial charge in [-0.05, 0) is 50.0 Å². The Morgan fingerprint density at radius 2 is 1.97 bits per heavy atom. The Morgan fingerprint density at radius 3 is 2.62 bits per heavy atom. The topological polar surface area (TPSA) is 69.7 Å². The van der Waals surface area contributed by atoms with Crippen molar-refractivity contribution in [3.63, 3.8) is 0 Å². The van der Waals surface area contributed by atoms with Gasteiger partial charge in [0.1, 0.15) is 5.82 Å². The minimum absolute atomic E-state index is 0.0779. The van der Waals surface area contributed by atoms with Crippen LogP contribution in [-0.4, -0.2) is 60.7 Å². The number of likely N-dealkylation sites (N-methyl/N-ethyl adjacent to an activating group) is 1. The second kappa shape index (κ2) is 11.7. The maximum Gasteiger partial charge on any atom is 0.258 e. The Balaban J connectivity index is 1.50. The number of nitrogens with one attached hydrogen (secondary N) is 2. The zero-order valence-corrected chi connectivity index (χ0v) is 19.4. The molecule has 3 rings (SSSR count). The lowest BCUT2D eigenvalue weighted by Gasteiger charge is -2.33. The van der Waals surface area contributed by atoms with Crippen molar-refractivity contribution in [3.8, 4) is 5.75 Å². The first-order valence-electron chi connectivity index (χ1n) is 10.9. The largest absolute Gasteiger partial charge is 0.491 e. The molecule has 2 heterocycles. The molecule has 2 aromatic rings. The van der Waals surface area contributed by atoms with Crippen LogP contribution >= 0.6 is 12.2 Å². The zero-order chi connectivity index (χ0) is 22.9. The first-order valence-corrected chi connectivity index (χ1v) is 11.3. The van der Waals surface area contributed by atoms with Crippen molar-refractivity contribution in [2.75, 3.05) is 50.1 Å². The van der Waals surface area contributed by atoms with E-state index in [1.165, 1.54) is 12.3 Å². The maximum atomic E-state index is 14.2. The van der Waals surface area contributed by atoms with Crippen LogP contribution in [0.1, 0.15) is 36.5 Å². The number of carbonyl (C=O) groups is 1. The molecule has 1 aliphatic heterocycles. The Labute approximate surface area is 194 Å². The van der Waals surface area contributed by atoms with E-state index in [-0.39, 0.29) is 16.8 Å². The smallest absolute Gasteiger partial charge is 0.258 e. The lowest BCUT2D eigenvalue weighted by Crippen LogP contribution is -2.44. The number of ether oxygens (including phenoxy) is 1. The maximum absolute atomic E-state index is 14.2. The molecular formula is C23H30FN5O2S. The summed E-state index contributed by atoms with van der Waals surface area (Å²) in [7, 11) is 2.10. The van der Waals surface area contributed by atoms with E-state index in [1.807, 2.05) is 6.07 Å². The fourth-order valence-electron chi connectivity index (χ4n) is 3.31. The molecule has 1 aromatic heterocycles. The molecule has 1 amide bonds. The van der Waals surface area contributed by atoms with Gasteiger partial charge in [0, 0.05) is 44.1 Å². The molecule has 0 aliphatic carbocycles. The Bertz CT molecular complexity index is 917. The minimum Gasteiger partial charge on any atom is -0.491 e. The van der Waals surface area contributed by atoms with Crippen LogP contribution < -0.4 is 20.3 Å². The second-order valence-electron chi connectivity index (χ2n) is 7.80. The molecule has 1 saturated heterocycles. The summed E-state index contributed by atoms with van der Waals surface area (Å²) in [5, 5.41) is 5.50. The number of amides is 1. The van der Waals surface area contributed by atoms with Crippen LogP contribution in [0.4, 0.5) is 15.9 Å². The van der Waals surface area contributed by atoms with Gasteiger partial charge in [-0.25, -0.2) is 9.37 Å². The standard InChI is InChI=1S/C23H30FN5O2S/c1-3-4-5-14-31-20-8-7-18(15-19(20)24)26-23(32)27-22(30)17-6-9-21(25-16-17)29-12-10-28(2)11-13-29/h6-9,15-16H,3-5,10-14H2,1-2H3,(H2,26,27,30,32). The van der Waals surface area contributed by atoms with Crippen LogP contribution in [0.25, 0.3) is 0 Å². The number of thiocarbonyl (C=S) groups is 1. The van der Waals surface area contributed by atoms with Crippen molar-refractivity contribution in [3.05, 3.63) is 47.9 Å². The van der Waals surface area contributed by atoms with Gasteiger partial charge in [-0.15, -0.1) is 0 Å². The number of benzene rings is 1. The number of nitrogens with zero attached hydrogens (tertiary/aromatic N) is 3. The van der Waals surface area contributed by atoms with Crippen LogP contribution in [-0.2, 0) is 0 Å². The van der Waals surface area contributed by atoms with Crippen molar-refractivity contribution in [1.29, 1.82) is 0 Å². The molecule has 172 valence electrons. The summed E-state index contributed by atoms with van der Waals surface area (Å²) in [6.07, 6.45) is 4.55. The first kappa shape index (κ1) is 23.9. The summed E-state index contributed by atoms with van der Waals surface area (Å²) in [6.45, 7) is 6.35. The SMILES string of the molecule is CCCCCOc1ccc(NC(=S)NC(=O)c2ccc(N3CCN(C)CC3)nc2)cc1F. The third kappa shape index (κ3) is 6.86. The zero-order valence-electron chi connectivity index (χ0n) is 18.6. The van der Waals surface area contributed by atoms with Gasteiger partial charge in [0.05, 0.1) is 12.2 Å². The van der Waals surface area contributed by atoms with Gasteiger partial charge in [-0.3, -0.25) is 10.1 Å². The highest BCUT2D eigenvalue weighted by atomic mass is 32.1. The predicted molar refractivity (Wildman–Crippen MR) is 129 cm³/mol. The number of pyridine rings is 1. The highest BCUT2D eigenvalue weighted by molar-refractivity contribution is 7.80. The van der Waals surface area contributed by atoms with Crippen LogP contribution in [0.5, 0.6) is 5.75 Å². The van der Waals surface area contributed by atoms with Gasteiger partial charge in [-0.2, -0.15) is 0 Å². The number of hydrogen-bond acceptors (Lipinski definition) is 6. The number of unbranched alkanes of at least 4 members (excludes halogenated alkanes) is 2. The number of piperazine rings is 1. The Kier molecular flexibility index (Phi) is 8.75. The van der Waals surface area contributed by atoms with Crippen molar-refractivity contribution in [2.45, 2.75) is 26.2 Å². The average molecular weight is 460 g/mol. The number of anilines is 2. The average Bonchev–Trinajstić information content (AvgIpc) is 2.78. The van der Waals surface area contributed by atoms with E-state index in [4.69, 9.17) is 17.0 Å². The van der Waals surface area contributed by atoms with Crippen LogP contribution in [0, 0.1) is 5.82 Å². The summed E-state index contributed by atoms with van der Waals surface area (Å²) in [5.74, 6) is 0.191. The van der Waals surface area contributed by atoms with E-state index in [0.717, 1.165) is 51.3 Å². The van der Waals surface area contributed by atoms with Gasteiger partial charge in [0.2, 0.25) is 0 Å². The normalized spacial score (nSPS) is 14.2. The third-order valence-corrected chi connectivity index (χ3v) is 5.46. The van der Waals surface area contributed by atoms with Crippen LogP contribution in [0.3, 0.4) is 0 Å². The monoisotopic (exact) mass is 459 g/mol. The molecule has 32 heavy (non-hydrogen) atoms. The summed E-state index contributed by atoms with van der Waals surface area (Å²) < 4.78 is 19.7. The number of hydrogen-bond donors (Lipinski definition) is 2. The molecule has 1 fully saturated rings. The lowest BCUT2D eigenvalue weighted by molar-refractivity contribution is 0.0977. The minimum atomic E-state index is -0.482. The van der Waals surface area contributed by atoms with Gasteiger partial charge in [0.25, 0.3) is 5.91 Å². The third-order valence-electron chi connectivity index (χ3n) is 5.26. The van der Waals surface area contributed by atoms with Crippen LogP contribution in [0.2, 0.25) is 0 Å². The molecule has 1 aliphatic rings. The van der Waals surface area contributed by atoms with Gasteiger partial charge < -0.3 is 19.9 Å². The fraction of sp³-hybridized carbons (Fsp3) is 0.435. The molecule has 9 heteroatoms. The molecule has 0 atom stereocenters. The molecule has 0 radical (unpaired) electrons. The molecule has 2 N–H and O–H groups in total. The summed E-state index contributed by atoms with van der Waals surface area (Å²) >= 11 is 5.20. The summed E-state index contributed by atoms with van der Waals surface area (Å²) in [5.41, 5.74) is 0.825. The van der Waals surface area contributed by atoms with Crippen molar-refractivity contribution >= 4 is 34.7 Å². The molecule has 0 spiro atoms. The van der Waals surface area contributed by atoms with E-state index >= 15 is 0 Å². The first-order chi connectivity index (χ1) is 15.5. The lowest BCUT2D eigenvalue weighted by atomic mass is 10.2.